The predicted molar refractivity (Wildman–Crippen MR) is 125 cm³/mol. The normalized spacial score (nSPS) is 13.3. The summed E-state index contributed by atoms with van der Waals surface area (Å²) >= 11 is 0. The van der Waals surface area contributed by atoms with Gasteiger partial charge in [0.25, 0.3) is 0 Å². The Labute approximate surface area is 193 Å². The van der Waals surface area contributed by atoms with Gasteiger partial charge in [-0.15, -0.1) is 0 Å². The van der Waals surface area contributed by atoms with Crippen molar-refractivity contribution in [1.29, 1.82) is 5.26 Å². The van der Waals surface area contributed by atoms with Crippen LogP contribution in [0.25, 0.3) is 10.4 Å². The highest BCUT2D eigenvalue weighted by Gasteiger charge is 2.31. The van der Waals surface area contributed by atoms with E-state index in [-0.39, 0.29) is 13.2 Å². The summed E-state index contributed by atoms with van der Waals surface area (Å²) in [6.45, 7) is 1.10. The first-order valence-electron chi connectivity index (χ1n) is 10.7. The van der Waals surface area contributed by atoms with E-state index in [1.807, 2.05) is 97.1 Å². The molecule has 7 heteroatoms. The molecule has 0 aromatic heterocycles. The van der Waals surface area contributed by atoms with E-state index in [1.54, 1.807) is 0 Å². The number of ether oxygens (including phenoxy) is 3. The summed E-state index contributed by atoms with van der Waals surface area (Å²) in [4.78, 5) is 2.84. The SMILES string of the molecule is N#C[C@@H](N=[N+]=[N-])[C@H](OCc1ccccc1)[C@@H](COCc1ccccc1)OCc1ccccc1. The molecule has 33 heavy (non-hydrogen) atoms. The van der Waals surface area contributed by atoms with Gasteiger partial charge in [0, 0.05) is 4.91 Å². The zero-order chi connectivity index (χ0) is 23.1. The van der Waals surface area contributed by atoms with Crippen molar-refractivity contribution in [2.75, 3.05) is 6.61 Å². The Balaban J connectivity index is 1.76. The number of hydrogen-bond donors (Lipinski definition) is 0. The van der Waals surface area contributed by atoms with Gasteiger partial charge in [-0.05, 0) is 22.2 Å². The minimum atomic E-state index is -1.07. The van der Waals surface area contributed by atoms with E-state index in [1.165, 1.54) is 0 Å². The number of nitrogens with zero attached hydrogens (tertiary/aromatic N) is 4. The van der Waals surface area contributed by atoms with Crippen LogP contribution in [0.15, 0.2) is 96.1 Å². The summed E-state index contributed by atoms with van der Waals surface area (Å²) in [6, 6.07) is 30.1. The second-order valence-electron chi connectivity index (χ2n) is 7.38. The van der Waals surface area contributed by atoms with E-state index in [4.69, 9.17) is 19.7 Å². The quantitative estimate of drug-likeness (QED) is 0.196. The molecule has 0 saturated carbocycles. The highest BCUT2D eigenvalue weighted by molar-refractivity contribution is 5.15. The van der Waals surface area contributed by atoms with Crippen LogP contribution < -0.4 is 0 Å². The van der Waals surface area contributed by atoms with Gasteiger partial charge in [-0.25, -0.2) is 0 Å². The molecule has 3 rings (SSSR count). The summed E-state index contributed by atoms with van der Waals surface area (Å²) in [5.74, 6) is 0. The minimum Gasteiger partial charge on any atom is -0.374 e. The van der Waals surface area contributed by atoms with Crippen molar-refractivity contribution in [3.63, 3.8) is 0 Å². The van der Waals surface area contributed by atoms with Crippen molar-refractivity contribution in [2.24, 2.45) is 5.11 Å². The molecule has 0 unspecified atom stereocenters. The van der Waals surface area contributed by atoms with E-state index in [0.717, 1.165) is 16.7 Å². The lowest BCUT2D eigenvalue weighted by molar-refractivity contribution is -0.119. The Kier molecular flexibility index (Phi) is 9.95. The fourth-order valence-electron chi connectivity index (χ4n) is 3.27. The van der Waals surface area contributed by atoms with Crippen LogP contribution in [0.4, 0.5) is 0 Å². The molecule has 0 spiro atoms. The van der Waals surface area contributed by atoms with Crippen molar-refractivity contribution in [3.8, 4) is 6.07 Å². The molecule has 0 saturated heterocycles. The van der Waals surface area contributed by atoms with Gasteiger partial charge in [-0.3, -0.25) is 0 Å². The topological polar surface area (TPSA) is 100 Å². The molecule has 0 amide bonds. The van der Waals surface area contributed by atoms with E-state index in [0.29, 0.717) is 13.2 Å². The Hall–Kier alpha value is -3.66. The third-order valence-corrected chi connectivity index (χ3v) is 4.97. The van der Waals surface area contributed by atoms with Crippen LogP contribution in [0.2, 0.25) is 0 Å². The van der Waals surface area contributed by atoms with Crippen LogP contribution >= 0.6 is 0 Å². The lowest BCUT2D eigenvalue weighted by Crippen LogP contribution is -2.42. The molecule has 3 aromatic rings. The van der Waals surface area contributed by atoms with Crippen molar-refractivity contribution in [3.05, 3.63) is 118 Å². The van der Waals surface area contributed by atoms with Crippen LogP contribution in [0.3, 0.4) is 0 Å². The zero-order valence-corrected chi connectivity index (χ0v) is 18.2. The maximum Gasteiger partial charge on any atom is 0.153 e. The lowest BCUT2D eigenvalue weighted by Gasteiger charge is -2.29. The summed E-state index contributed by atoms with van der Waals surface area (Å²) in [6.07, 6.45) is -1.45. The van der Waals surface area contributed by atoms with Gasteiger partial charge in [0.2, 0.25) is 0 Å². The van der Waals surface area contributed by atoms with Gasteiger partial charge in [0.05, 0.1) is 32.5 Å². The van der Waals surface area contributed by atoms with Gasteiger partial charge in [-0.2, -0.15) is 5.26 Å². The standard InChI is InChI=1S/C26H26N4O3/c27-16-24(29-30-28)26(33-19-23-14-8-3-9-15-23)25(32-18-22-12-6-2-7-13-22)20-31-17-21-10-4-1-5-11-21/h1-15,24-26H,17-20H2/t24-,25-,26+/m1/s1. The average molecular weight is 443 g/mol. The smallest absolute Gasteiger partial charge is 0.153 e. The Bertz CT molecular complexity index is 1040. The number of hydrogen-bond acceptors (Lipinski definition) is 5. The van der Waals surface area contributed by atoms with Crippen molar-refractivity contribution >= 4 is 0 Å². The molecular formula is C26H26N4O3. The average Bonchev–Trinajstić information content (AvgIpc) is 2.88. The zero-order valence-electron chi connectivity index (χ0n) is 18.2. The first-order chi connectivity index (χ1) is 16.3. The maximum atomic E-state index is 9.67. The predicted octanol–water partition coefficient (Wildman–Crippen LogP) is 5.58. The fourth-order valence-corrected chi connectivity index (χ4v) is 3.27. The Morgan fingerprint density at radius 3 is 1.73 bits per heavy atom. The Morgan fingerprint density at radius 2 is 1.24 bits per heavy atom. The van der Waals surface area contributed by atoms with Gasteiger partial charge in [-0.1, -0.05) is 96.1 Å². The van der Waals surface area contributed by atoms with E-state index < -0.39 is 18.2 Å². The first-order valence-corrected chi connectivity index (χ1v) is 10.7. The first kappa shape index (κ1) is 24.0. The maximum absolute atomic E-state index is 9.67. The van der Waals surface area contributed by atoms with Crippen LogP contribution in [0.1, 0.15) is 16.7 Å². The number of nitriles is 1. The molecule has 0 fully saturated rings. The third-order valence-electron chi connectivity index (χ3n) is 4.97. The van der Waals surface area contributed by atoms with E-state index in [9.17, 15) is 5.26 Å². The monoisotopic (exact) mass is 442 g/mol. The van der Waals surface area contributed by atoms with Crippen molar-refractivity contribution in [2.45, 2.75) is 38.1 Å². The van der Waals surface area contributed by atoms with Crippen molar-refractivity contribution < 1.29 is 14.2 Å². The van der Waals surface area contributed by atoms with Gasteiger partial charge >= 0.3 is 0 Å². The summed E-state index contributed by atoms with van der Waals surface area (Å²) in [7, 11) is 0. The number of azide groups is 1. The van der Waals surface area contributed by atoms with Gasteiger partial charge in [0.1, 0.15) is 12.2 Å². The minimum absolute atomic E-state index is 0.167. The molecule has 0 aliphatic heterocycles. The van der Waals surface area contributed by atoms with Crippen LogP contribution in [-0.2, 0) is 34.0 Å². The van der Waals surface area contributed by atoms with Gasteiger partial charge < -0.3 is 14.2 Å². The molecule has 0 radical (unpaired) electrons. The molecule has 0 bridgehead atoms. The van der Waals surface area contributed by atoms with Gasteiger partial charge in [0.15, 0.2) is 6.04 Å². The molecule has 0 aliphatic rings. The number of benzene rings is 3. The number of rotatable bonds is 13. The molecule has 168 valence electrons. The molecule has 0 aliphatic carbocycles. The summed E-state index contributed by atoms with van der Waals surface area (Å²) in [5.41, 5.74) is 11.9. The van der Waals surface area contributed by atoms with E-state index in [2.05, 4.69) is 10.0 Å². The molecule has 0 N–H and O–H groups in total. The Morgan fingerprint density at radius 1 is 0.758 bits per heavy atom. The van der Waals surface area contributed by atoms with Crippen LogP contribution in [-0.4, -0.2) is 24.9 Å². The molecular weight excluding hydrogens is 416 g/mol. The fraction of sp³-hybridized carbons (Fsp3) is 0.269. The van der Waals surface area contributed by atoms with Crippen molar-refractivity contribution in [1.82, 2.24) is 0 Å². The molecule has 0 heterocycles. The molecule has 7 nitrogen and oxygen atoms in total. The summed E-state index contributed by atoms with van der Waals surface area (Å²) < 4.78 is 18.2. The van der Waals surface area contributed by atoms with Crippen LogP contribution in [0, 0.1) is 11.3 Å². The second-order valence-corrected chi connectivity index (χ2v) is 7.38. The third kappa shape index (κ3) is 8.08. The van der Waals surface area contributed by atoms with E-state index >= 15 is 0 Å². The highest BCUT2D eigenvalue weighted by Crippen LogP contribution is 2.18. The summed E-state index contributed by atoms with van der Waals surface area (Å²) in [5, 5.41) is 13.3. The largest absolute Gasteiger partial charge is 0.374 e. The highest BCUT2D eigenvalue weighted by atomic mass is 16.6. The second kappa shape index (κ2) is 13.7. The molecule has 3 atom stereocenters. The molecule has 3 aromatic carbocycles. The lowest BCUT2D eigenvalue weighted by atomic mass is 10.1. The van der Waals surface area contributed by atoms with Crippen LogP contribution in [0.5, 0.6) is 0 Å².